The summed E-state index contributed by atoms with van der Waals surface area (Å²) in [5.74, 6) is 0. The van der Waals surface area contributed by atoms with Crippen molar-refractivity contribution in [2.45, 2.75) is 19.0 Å². The number of aldehydes is 1. The summed E-state index contributed by atoms with van der Waals surface area (Å²) < 4.78 is 0. The number of nitrogens with zero attached hydrogens (tertiary/aromatic N) is 1. The molecule has 0 aliphatic heterocycles. The summed E-state index contributed by atoms with van der Waals surface area (Å²) in [5, 5.41) is 12.8. The lowest BCUT2D eigenvalue weighted by molar-refractivity contribution is -0.108. The van der Waals surface area contributed by atoms with E-state index in [1.54, 1.807) is 18.5 Å². The minimum Gasteiger partial charge on any atom is -0.400 e. The van der Waals surface area contributed by atoms with Crippen molar-refractivity contribution in [2.75, 3.05) is 17.7 Å². The molecule has 27 heavy (non-hydrogen) atoms. The van der Waals surface area contributed by atoms with Crippen LogP contribution in [0.25, 0.3) is 0 Å². The summed E-state index contributed by atoms with van der Waals surface area (Å²) in [4.78, 5) is 39.0. The van der Waals surface area contributed by atoms with Crippen LogP contribution in [0.2, 0.25) is 0 Å². The van der Waals surface area contributed by atoms with Crippen molar-refractivity contribution in [3.8, 4) is 0 Å². The molecule has 1 aromatic heterocycles. The van der Waals surface area contributed by atoms with Crippen molar-refractivity contribution in [1.29, 1.82) is 0 Å². The van der Waals surface area contributed by atoms with Gasteiger partial charge in [0.15, 0.2) is 0 Å². The molecular formula is C20H21N3O4. The molecular weight excluding hydrogens is 346 g/mol. The Kier molecular flexibility index (Phi) is 7.39. The van der Waals surface area contributed by atoms with Crippen LogP contribution in [-0.4, -0.2) is 29.5 Å². The Morgan fingerprint density at radius 2 is 1.67 bits per heavy atom. The molecule has 1 unspecified atom stereocenters. The van der Waals surface area contributed by atoms with E-state index in [9.17, 15) is 14.4 Å². The average Bonchev–Trinajstić information content (AvgIpc) is 2.74. The summed E-state index contributed by atoms with van der Waals surface area (Å²) in [6.45, 7) is 0.373. The van der Waals surface area contributed by atoms with Gasteiger partial charge in [-0.05, 0) is 23.6 Å². The summed E-state index contributed by atoms with van der Waals surface area (Å²) in [5.41, 5.74) is 1.06. The third-order valence-corrected chi connectivity index (χ3v) is 3.89. The Bertz CT molecular complexity index is 920. The van der Waals surface area contributed by atoms with E-state index < -0.39 is 16.9 Å². The van der Waals surface area contributed by atoms with E-state index in [1.165, 1.54) is 0 Å². The van der Waals surface area contributed by atoms with E-state index in [0.717, 1.165) is 24.5 Å². The van der Waals surface area contributed by atoms with Gasteiger partial charge in [-0.3, -0.25) is 14.6 Å². The number of rotatable bonds is 8. The van der Waals surface area contributed by atoms with E-state index in [0.29, 0.717) is 13.0 Å². The molecule has 0 bridgehead atoms. The lowest BCUT2D eigenvalue weighted by atomic mass is 10.1. The normalized spacial score (nSPS) is 11.2. The first-order valence-electron chi connectivity index (χ1n) is 8.35. The number of carbonyl (C=O) groups excluding carboxylic acids is 1. The second kappa shape index (κ2) is 9.98. The predicted molar refractivity (Wildman–Crippen MR) is 105 cm³/mol. The molecule has 0 aliphatic rings. The molecule has 0 spiro atoms. The van der Waals surface area contributed by atoms with Gasteiger partial charge in [0.1, 0.15) is 17.7 Å². The molecule has 3 N–H and O–H groups in total. The van der Waals surface area contributed by atoms with E-state index >= 15 is 0 Å². The summed E-state index contributed by atoms with van der Waals surface area (Å²) in [6.07, 6.45) is 4.52. The van der Waals surface area contributed by atoms with Crippen molar-refractivity contribution >= 4 is 17.7 Å². The lowest BCUT2D eigenvalue weighted by Crippen LogP contribution is -2.40. The van der Waals surface area contributed by atoms with Gasteiger partial charge < -0.3 is 20.5 Å². The topological polar surface area (TPSA) is 108 Å². The highest BCUT2D eigenvalue weighted by Gasteiger charge is 2.23. The Morgan fingerprint density at radius 3 is 2.30 bits per heavy atom. The van der Waals surface area contributed by atoms with Crippen LogP contribution in [0.4, 0.5) is 11.4 Å². The number of carbonyl (C=O) groups is 1. The average molecular weight is 367 g/mol. The van der Waals surface area contributed by atoms with Crippen LogP contribution in [0.3, 0.4) is 0 Å². The number of nitrogens with one attached hydrogen (secondary N) is 2. The SMILES string of the molecule is CO.O=CC(Cc1ccccc1)Nc1c(NCc2cccnc2)c(=O)c1=O. The number of aliphatic hydroxyl groups excluding tert-OH is 1. The minimum absolute atomic E-state index is 0.168. The standard InChI is InChI=1S/C19H17N3O3.CH4O/c23-12-15(9-13-5-2-1-3-6-13)22-17-16(18(24)19(17)25)21-11-14-7-4-8-20-10-14;1-2/h1-8,10,12,15,21-22H,9,11H2;2H,1H3. The molecule has 7 heteroatoms. The summed E-state index contributed by atoms with van der Waals surface area (Å²) in [6, 6.07) is 12.5. The van der Waals surface area contributed by atoms with Gasteiger partial charge in [-0.15, -0.1) is 0 Å². The Labute approximate surface area is 156 Å². The number of benzene rings is 1. The summed E-state index contributed by atoms with van der Waals surface area (Å²) >= 11 is 0. The molecule has 0 fully saturated rings. The van der Waals surface area contributed by atoms with Gasteiger partial charge in [0.05, 0.1) is 6.04 Å². The molecule has 140 valence electrons. The highest BCUT2D eigenvalue weighted by molar-refractivity contribution is 5.77. The zero-order valence-electron chi connectivity index (χ0n) is 14.9. The molecule has 0 amide bonds. The number of pyridine rings is 1. The van der Waals surface area contributed by atoms with Crippen LogP contribution < -0.4 is 21.5 Å². The molecule has 0 saturated heterocycles. The van der Waals surface area contributed by atoms with Crippen molar-refractivity contribution in [3.05, 3.63) is 86.4 Å². The molecule has 7 nitrogen and oxygen atoms in total. The highest BCUT2D eigenvalue weighted by atomic mass is 16.2. The third kappa shape index (κ3) is 5.08. The van der Waals surface area contributed by atoms with E-state index in [-0.39, 0.29) is 11.4 Å². The molecule has 2 aromatic carbocycles. The number of hydrogen-bond acceptors (Lipinski definition) is 7. The quantitative estimate of drug-likeness (QED) is 0.404. The number of hydrogen-bond donors (Lipinski definition) is 3. The van der Waals surface area contributed by atoms with Gasteiger partial charge in [0, 0.05) is 26.0 Å². The van der Waals surface area contributed by atoms with Crippen LogP contribution in [0.15, 0.2) is 64.4 Å². The van der Waals surface area contributed by atoms with Gasteiger partial charge in [0.2, 0.25) is 0 Å². The number of anilines is 2. The van der Waals surface area contributed by atoms with Crippen molar-refractivity contribution in [3.63, 3.8) is 0 Å². The molecule has 3 rings (SSSR count). The van der Waals surface area contributed by atoms with Crippen molar-refractivity contribution in [1.82, 2.24) is 4.98 Å². The maximum atomic E-state index is 11.8. The smallest absolute Gasteiger partial charge is 0.253 e. The molecule has 1 heterocycles. The fourth-order valence-corrected chi connectivity index (χ4v) is 2.58. The van der Waals surface area contributed by atoms with E-state index in [2.05, 4.69) is 15.6 Å². The van der Waals surface area contributed by atoms with Gasteiger partial charge in [-0.2, -0.15) is 0 Å². The molecule has 0 radical (unpaired) electrons. The van der Waals surface area contributed by atoms with Crippen LogP contribution in [0, 0.1) is 0 Å². The van der Waals surface area contributed by atoms with Gasteiger partial charge >= 0.3 is 0 Å². The molecule has 0 saturated carbocycles. The third-order valence-electron chi connectivity index (χ3n) is 3.89. The van der Waals surface area contributed by atoms with E-state index in [4.69, 9.17) is 5.11 Å². The van der Waals surface area contributed by atoms with Crippen LogP contribution in [0.5, 0.6) is 0 Å². The lowest BCUT2D eigenvalue weighted by Gasteiger charge is -2.19. The first-order chi connectivity index (χ1) is 13.2. The molecule has 0 aliphatic carbocycles. The number of aromatic nitrogens is 1. The van der Waals surface area contributed by atoms with Gasteiger partial charge in [-0.25, -0.2) is 0 Å². The maximum Gasteiger partial charge on any atom is 0.253 e. The molecule has 3 aromatic rings. The first-order valence-corrected chi connectivity index (χ1v) is 8.35. The highest BCUT2D eigenvalue weighted by Crippen LogP contribution is 2.17. The second-order valence-corrected chi connectivity index (χ2v) is 5.70. The second-order valence-electron chi connectivity index (χ2n) is 5.70. The van der Waals surface area contributed by atoms with Crippen LogP contribution in [0.1, 0.15) is 11.1 Å². The van der Waals surface area contributed by atoms with Crippen LogP contribution >= 0.6 is 0 Å². The first kappa shape index (κ1) is 20.0. The minimum atomic E-state index is -0.603. The molecule has 1 atom stereocenters. The fraction of sp³-hybridized carbons (Fsp3) is 0.200. The van der Waals surface area contributed by atoms with Crippen LogP contribution in [-0.2, 0) is 17.8 Å². The van der Waals surface area contributed by atoms with Crippen molar-refractivity contribution < 1.29 is 9.90 Å². The van der Waals surface area contributed by atoms with Gasteiger partial charge in [0.25, 0.3) is 10.9 Å². The van der Waals surface area contributed by atoms with E-state index in [1.807, 2.05) is 36.4 Å². The Balaban J connectivity index is 0.00000126. The van der Waals surface area contributed by atoms with Gasteiger partial charge in [-0.1, -0.05) is 36.4 Å². The zero-order chi connectivity index (χ0) is 19.6. The largest absolute Gasteiger partial charge is 0.400 e. The Morgan fingerprint density at radius 1 is 1.00 bits per heavy atom. The summed E-state index contributed by atoms with van der Waals surface area (Å²) in [7, 11) is 1.00. The maximum absolute atomic E-state index is 11.8. The monoisotopic (exact) mass is 367 g/mol. The Hall–Kier alpha value is -3.32. The predicted octanol–water partition coefficient (Wildman–Crippen LogP) is 1.12. The number of aliphatic hydroxyl groups is 1. The fourth-order valence-electron chi connectivity index (χ4n) is 2.58. The van der Waals surface area contributed by atoms with Crippen molar-refractivity contribution in [2.24, 2.45) is 0 Å². The zero-order valence-corrected chi connectivity index (χ0v) is 14.9.